The first-order valence-corrected chi connectivity index (χ1v) is 8.87. The second-order valence-corrected chi connectivity index (χ2v) is 6.21. The van der Waals surface area contributed by atoms with Crippen LogP contribution in [0.3, 0.4) is 0 Å². The molecule has 2 rings (SSSR count). The summed E-state index contributed by atoms with van der Waals surface area (Å²) in [4.78, 5) is 28.4. The Kier molecular flexibility index (Phi) is 7.12. The number of likely N-dealkylation sites (N-methyl/N-ethyl adjacent to an activating group) is 1. The molecule has 0 saturated carbocycles. The van der Waals surface area contributed by atoms with Gasteiger partial charge in [0.15, 0.2) is 11.0 Å². The Morgan fingerprint density at radius 3 is 2.83 bits per heavy atom. The van der Waals surface area contributed by atoms with E-state index in [0.717, 1.165) is 25.9 Å². The van der Waals surface area contributed by atoms with Gasteiger partial charge in [-0.3, -0.25) is 14.5 Å². The van der Waals surface area contributed by atoms with Crippen molar-refractivity contribution >= 4 is 23.5 Å². The van der Waals surface area contributed by atoms with Crippen molar-refractivity contribution in [3.63, 3.8) is 0 Å². The minimum Gasteiger partial charge on any atom is -0.466 e. The highest BCUT2D eigenvalue weighted by Crippen LogP contribution is 2.20. The van der Waals surface area contributed by atoms with Crippen LogP contribution in [0.25, 0.3) is 0 Å². The highest BCUT2D eigenvalue weighted by molar-refractivity contribution is 6.29. The lowest BCUT2D eigenvalue weighted by molar-refractivity contribution is -0.143. The molecule has 0 bridgehead atoms. The second kappa shape index (κ2) is 9.08. The maximum Gasteiger partial charge on any atom is 0.307 e. The van der Waals surface area contributed by atoms with Crippen molar-refractivity contribution in [2.24, 2.45) is 0 Å². The number of halogens is 1. The number of rotatable bonds is 8. The molecule has 1 fully saturated rings. The molecule has 1 aliphatic heterocycles. The Balaban J connectivity index is 2.05. The first-order chi connectivity index (χ1) is 11.5. The van der Waals surface area contributed by atoms with Crippen LogP contribution in [-0.2, 0) is 9.53 Å². The van der Waals surface area contributed by atoms with Gasteiger partial charge in [-0.2, -0.15) is 0 Å². The molecule has 24 heavy (non-hydrogen) atoms. The molecule has 0 spiro atoms. The van der Waals surface area contributed by atoms with Crippen molar-refractivity contribution in [3.8, 4) is 0 Å². The van der Waals surface area contributed by atoms with Crippen molar-refractivity contribution in [1.29, 1.82) is 0 Å². The van der Waals surface area contributed by atoms with Crippen LogP contribution in [0.5, 0.6) is 0 Å². The Morgan fingerprint density at radius 2 is 2.21 bits per heavy atom. The highest BCUT2D eigenvalue weighted by Gasteiger charge is 2.29. The standard InChI is InChI=1S/C17H25ClN2O4/c1-3-19-10-5-6-13(19)12-20(11-9-16(21)23-4-2)17(22)14-7-8-15(18)24-14/h7-8,13H,3-6,9-12H2,1-2H3. The van der Waals surface area contributed by atoms with Crippen LogP contribution in [0.4, 0.5) is 0 Å². The summed E-state index contributed by atoms with van der Waals surface area (Å²) in [5, 5.41) is 0.180. The van der Waals surface area contributed by atoms with E-state index >= 15 is 0 Å². The topological polar surface area (TPSA) is 63.0 Å². The van der Waals surface area contributed by atoms with Gasteiger partial charge in [0.05, 0.1) is 13.0 Å². The molecule has 7 heteroatoms. The maximum absolute atomic E-state index is 12.7. The molecule has 1 aliphatic rings. The summed E-state index contributed by atoms with van der Waals surface area (Å²) in [5.41, 5.74) is 0. The number of carbonyl (C=O) groups is 2. The zero-order chi connectivity index (χ0) is 17.5. The third-order valence-electron chi connectivity index (χ3n) is 4.30. The average Bonchev–Trinajstić information content (AvgIpc) is 3.19. The molecule has 1 amide bonds. The number of esters is 1. The largest absolute Gasteiger partial charge is 0.466 e. The van der Waals surface area contributed by atoms with E-state index in [1.807, 2.05) is 0 Å². The van der Waals surface area contributed by atoms with E-state index in [1.165, 1.54) is 0 Å². The van der Waals surface area contributed by atoms with E-state index in [9.17, 15) is 9.59 Å². The third-order valence-corrected chi connectivity index (χ3v) is 4.50. The van der Waals surface area contributed by atoms with Crippen LogP contribution >= 0.6 is 11.6 Å². The van der Waals surface area contributed by atoms with Crippen LogP contribution in [0.1, 0.15) is 43.7 Å². The van der Waals surface area contributed by atoms with Gasteiger partial charge in [-0.05, 0) is 56.6 Å². The fraction of sp³-hybridized carbons (Fsp3) is 0.647. The number of likely N-dealkylation sites (tertiary alicyclic amines) is 1. The Morgan fingerprint density at radius 1 is 1.42 bits per heavy atom. The predicted octanol–water partition coefficient (Wildman–Crippen LogP) is 2.81. The fourth-order valence-corrected chi connectivity index (χ4v) is 3.24. The van der Waals surface area contributed by atoms with Gasteiger partial charge in [0.2, 0.25) is 0 Å². The van der Waals surface area contributed by atoms with E-state index in [0.29, 0.717) is 25.7 Å². The number of hydrogen-bond acceptors (Lipinski definition) is 5. The lowest BCUT2D eigenvalue weighted by atomic mass is 10.2. The van der Waals surface area contributed by atoms with E-state index < -0.39 is 0 Å². The lowest BCUT2D eigenvalue weighted by Gasteiger charge is -2.29. The van der Waals surface area contributed by atoms with Gasteiger partial charge in [-0.1, -0.05) is 6.92 Å². The van der Waals surface area contributed by atoms with Crippen molar-refractivity contribution < 1.29 is 18.7 Å². The minimum absolute atomic E-state index is 0.173. The molecule has 0 N–H and O–H groups in total. The number of hydrogen-bond donors (Lipinski definition) is 0. The van der Waals surface area contributed by atoms with E-state index in [-0.39, 0.29) is 29.3 Å². The Hall–Kier alpha value is -1.53. The number of nitrogens with zero attached hydrogens (tertiary/aromatic N) is 2. The molecular weight excluding hydrogens is 332 g/mol. The summed E-state index contributed by atoms with van der Waals surface area (Å²) in [6.07, 6.45) is 2.35. The van der Waals surface area contributed by atoms with Gasteiger partial charge in [0.25, 0.3) is 5.91 Å². The molecule has 1 aromatic heterocycles. The molecule has 0 radical (unpaired) electrons. The van der Waals surface area contributed by atoms with Gasteiger partial charge < -0.3 is 14.1 Å². The van der Waals surface area contributed by atoms with Crippen LogP contribution in [-0.4, -0.2) is 60.5 Å². The number of furan rings is 1. The predicted molar refractivity (Wildman–Crippen MR) is 91.1 cm³/mol. The molecule has 1 unspecified atom stereocenters. The van der Waals surface area contributed by atoms with Gasteiger partial charge in [0, 0.05) is 19.1 Å². The summed E-state index contributed by atoms with van der Waals surface area (Å²) in [7, 11) is 0. The molecule has 0 aromatic carbocycles. The average molecular weight is 357 g/mol. The molecule has 1 saturated heterocycles. The molecular formula is C17H25ClN2O4. The number of amides is 1. The SMILES string of the molecule is CCOC(=O)CCN(CC1CCCN1CC)C(=O)c1ccc(Cl)o1. The lowest BCUT2D eigenvalue weighted by Crippen LogP contribution is -2.43. The van der Waals surface area contributed by atoms with Crippen molar-refractivity contribution in [2.45, 2.75) is 39.2 Å². The van der Waals surface area contributed by atoms with Crippen molar-refractivity contribution in [2.75, 3.05) is 32.8 Å². The molecule has 2 heterocycles. The molecule has 6 nitrogen and oxygen atoms in total. The van der Waals surface area contributed by atoms with Gasteiger partial charge in [0.1, 0.15) is 0 Å². The van der Waals surface area contributed by atoms with E-state index in [4.69, 9.17) is 20.8 Å². The van der Waals surface area contributed by atoms with Crippen LogP contribution < -0.4 is 0 Å². The zero-order valence-corrected chi connectivity index (χ0v) is 15.1. The number of carbonyl (C=O) groups excluding carboxylic acids is 2. The Labute approximate surface area is 147 Å². The first kappa shape index (κ1) is 18.8. The molecule has 0 aliphatic carbocycles. The minimum atomic E-state index is -0.299. The van der Waals surface area contributed by atoms with E-state index in [2.05, 4.69) is 11.8 Å². The van der Waals surface area contributed by atoms with Gasteiger partial charge in [-0.25, -0.2) is 0 Å². The smallest absolute Gasteiger partial charge is 0.307 e. The maximum atomic E-state index is 12.7. The van der Waals surface area contributed by atoms with Gasteiger partial charge in [-0.15, -0.1) is 0 Å². The second-order valence-electron chi connectivity index (χ2n) is 5.83. The third kappa shape index (κ3) is 4.98. The molecule has 134 valence electrons. The summed E-state index contributed by atoms with van der Waals surface area (Å²) < 4.78 is 10.2. The van der Waals surface area contributed by atoms with Crippen LogP contribution in [0.15, 0.2) is 16.5 Å². The fourth-order valence-electron chi connectivity index (χ4n) is 3.09. The van der Waals surface area contributed by atoms with Crippen molar-refractivity contribution in [1.82, 2.24) is 9.80 Å². The number of ether oxygens (including phenoxy) is 1. The van der Waals surface area contributed by atoms with E-state index in [1.54, 1.807) is 24.0 Å². The first-order valence-electron chi connectivity index (χ1n) is 8.49. The molecule has 1 aromatic rings. The van der Waals surface area contributed by atoms with Crippen LogP contribution in [0.2, 0.25) is 5.22 Å². The zero-order valence-electron chi connectivity index (χ0n) is 14.3. The summed E-state index contributed by atoms with van der Waals surface area (Å²) in [6, 6.07) is 3.42. The summed E-state index contributed by atoms with van der Waals surface area (Å²) in [5.74, 6) is -0.342. The molecule has 1 atom stereocenters. The van der Waals surface area contributed by atoms with Crippen LogP contribution in [0, 0.1) is 0 Å². The normalized spacial score (nSPS) is 17.9. The summed E-state index contributed by atoms with van der Waals surface area (Å²) >= 11 is 5.77. The highest BCUT2D eigenvalue weighted by atomic mass is 35.5. The van der Waals surface area contributed by atoms with Crippen molar-refractivity contribution in [3.05, 3.63) is 23.1 Å². The van der Waals surface area contributed by atoms with Gasteiger partial charge >= 0.3 is 5.97 Å². The Bertz CT molecular complexity index is 561. The quantitative estimate of drug-likeness (QED) is 0.670. The summed E-state index contributed by atoms with van der Waals surface area (Å²) in [6.45, 7) is 7.12. The monoisotopic (exact) mass is 356 g/mol.